The van der Waals surface area contributed by atoms with Crippen LogP contribution in [0.3, 0.4) is 0 Å². The van der Waals surface area contributed by atoms with Gasteiger partial charge in [-0.3, -0.25) is 4.98 Å². The van der Waals surface area contributed by atoms with Gasteiger partial charge in [0, 0.05) is 34.7 Å². The maximum atomic E-state index is 4.55. The van der Waals surface area contributed by atoms with Crippen LogP contribution < -0.4 is 5.32 Å². The number of pyridine rings is 1. The van der Waals surface area contributed by atoms with Crippen molar-refractivity contribution in [3.05, 3.63) is 40.5 Å². The monoisotopic (exact) mass is 347 g/mol. The second-order valence-electron chi connectivity index (χ2n) is 6.04. The summed E-state index contributed by atoms with van der Waals surface area (Å²) in [5.41, 5.74) is 2.38. The fraction of sp³-hybridized carbons (Fsp3) is 0.471. The highest BCUT2D eigenvalue weighted by atomic mass is 79.9. The first kappa shape index (κ1) is 14.9. The number of hydrogen-bond donors (Lipinski definition) is 1. The fourth-order valence-electron chi connectivity index (χ4n) is 3.07. The lowest BCUT2D eigenvalue weighted by Gasteiger charge is -2.35. The van der Waals surface area contributed by atoms with Crippen molar-refractivity contribution in [1.82, 2.24) is 15.2 Å². The summed E-state index contributed by atoms with van der Waals surface area (Å²) in [5, 5.41) is 4.91. The molecule has 2 aromatic rings. The summed E-state index contributed by atoms with van der Waals surface area (Å²) in [6.07, 6.45) is 4.32. The van der Waals surface area contributed by atoms with Crippen LogP contribution in [0.2, 0.25) is 0 Å². The highest BCUT2D eigenvalue weighted by molar-refractivity contribution is 9.10. The van der Waals surface area contributed by atoms with E-state index in [-0.39, 0.29) is 0 Å². The average molecular weight is 348 g/mol. The summed E-state index contributed by atoms with van der Waals surface area (Å²) in [6.45, 7) is 4.38. The molecule has 3 rings (SSSR count). The normalized spacial score (nSPS) is 23.6. The topological polar surface area (TPSA) is 28.2 Å². The summed E-state index contributed by atoms with van der Waals surface area (Å²) in [5.74, 6) is 0. The second-order valence-corrected chi connectivity index (χ2v) is 6.89. The van der Waals surface area contributed by atoms with Crippen molar-refractivity contribution in [2.75, 3.05) is 13.6 Å². The minimum absolute atomic E-state index is 0.610. The number of piperidine rings is 1. The molecule has 1 aliphatic heterocycles. The number of fused-ring (bicyclic) bond motifs is 1. The predicted molar refractivity (Wildman–Crippen MR) is 91.4 cm³/mol. The van der Waals surface area contributed by atoms with Crippen molar-refractivity contribution in [3.8, 4) is 0 Å². The van der Waals surface area contributed by atoms with Gasteiger partial charge in [0.25, 0.3) is 0 Å². The Morgan fingerprint density at radius 2 is 2.24 bits per heavy atom. The molecule has 1 N–H and O–H groups in total. The Morgan fingerprint density at radius 1 is 1.38 bits per heavy atom. The van der Waals surface area contributed by atoms with E-state index in [0.29, 0.717) is 12.1 Å². The van der Waals surface area contributed by atoms with Gasteiger partial charge >= 0.3 is 0 Å². The van der Waals surface area contributed by atoms with Gasteiger partial charge in [-0.15, -0.1) is 0 Å². The Labute approximate surface area is 134 Å². The number of likely N-dealkylation sites (tertiary alicyclic amines) is 1. The van der Waals surface area contributed by atoms with Gasteiger partial charge < -0.3 is 10.2 Å². The Bertz CT molecular complexity index is 628. The molecular weight excluding hydrogens is 326 g/mol. The smallest absolute Gasteiger partial charge is 0.0758 e. The van der Waals surface area contributed by atoms with Gasteiger partial charge in [0.05, 0.1) is 5.52 Å². The van der Waals surface area contributed by atoms with Gasteiger partial charge in [0.2, 0.25) is 0 Å². The van der Waals surface area contributed by atoms with Crippen molar-refractivity contribution in [2.45, 2.75) is 38.4 Å². The predicted octanol–water partition coefficient (Wildman–Crippen LogP) is 3.57. The molecular formula is C17H22BrN3. The molecule has 2 heterocycles. The first-order chi connectivity index (χ1) is 10.1. The third kappa shape index (κ3) is 3.28. The fourth-order valence-corrected chi connectivity index (χ4v) is 3.52. The maximum absolute atomic E-state index is 4.55. The molecule has 0 saturated carbocycles. The van der Waals surface area contributed by atoms with Gasteiger partial charge in [0.1, 0.15) is 0 Å². The molecule has 112 valence electrons. The summed E-state index contributed by atoms with van der Waals surface area (Å²) in [6, 6.07) is 9.68. The van der Waals surface area contributed by atoms with E-state index in [1.54, 1.807) is 0 Å². The van der Waals surface area contributed by atoms with E-state index >= 15 is 0 Å². The molecule has 0 spiro atoms. The summed E-state index contributed by atoms with van der Waals surface area (Å²) < 4.78 is 1.11. The van der Waals surface area contributed by atoms with Crippen LogP contribution in [-0.4, -0.2) is 35.6 Å². The van der Waals surface area contributed by atoms with E-state index in [1.165, 1.54) is 30.3 Å². The Hall–Kier alpha value is -0.970. The number of benzene rings is 1. The van der Waals surface area contributed by atoms with Gasteiger partial charge in [-0.2, -0.15) is 0 Å². The van der Waals surface area contributed by atoms with Crippen LogP contribution in [0.15, 0.2) is 34.9 Å². The van der Waals surface area contributed by atoms with E-state index < -0.39 is 0 Å². The van der Waals surface area contributed by atoms with Crippen molar-refractivity contribution in [3.63, 3.8) is 0 Å². The van der Waals surface area contributed by atoms with Crippen LogP contribution in [-0.2, 0) is 6.54 Å². The molecule has 1 aromatic carbocycles. The van der Waals surface area contributed by atoms with Gasteiger partial charge in [-0.05, 0) is 51.1 Å². The van der Waals surface area contributed by atoms with Crippen molar-refractivity contribution < 1.29 is 0 Å². The molecule has 0 radical (unpaired) electrons. The molecule has 1 fully saturated rings. The highest BCUT2D eigenvalue weighted by Crippen LogP contribution is 2.25. The Morgan fingerprint density at radius 3 is 3.05 bits per heavy atom. The summed E-state index contributed by atoms with van der Waals surface area (Å²) in [7, 11) is 2.22. The van der Waals surface area contributed by atoms with Crippen molar-refractivity contribution >= 4 is 26.8 Å². The molecule has 4 heteroatoms. The first-order valence-corrected chi connectivity index (χ1v) is 8.40. The van der Waals surface area contributed by atoms with Gasteiger partial charge in [-0.1, -0.05) is 28.1 Å². The maximum Gasteiger partial charge on any atom is 0.0758 e. The lowest BCUT2D eigenvalue weighted by molar-refractivity contribution is 0.168. The third-order valence-electron chi connectivity index (χ3n) is 4.59. The minimum atomic E-state index is 0.610. The summed E-state index contributed by atoms with van der Waals surface area (Å²) in [4.78, 5) is 6.99. The molecule has 0 amide bonds. The number of aromatic nitrogens is 1. The molecule has 1 saturated heterocycles. The third-order valence-corrected chi connectivity index (χ3v) is 5.28. The largest absolute Gasteiger partial charge is 0.310 e. The van der Waals surface area contributed by atoms with Crippen molar-refractivity contribution in [2.24, 2.45) is 0 Å². The molecule has 3 nitrogen and oxygen atoms in total. The Balaban J connectivity index is 1.73. The number of halogens is 1. The molecule has 2 unspecified atom stereocenters. The number of nitrogens with one attached hydrogen (secondary N) is 1. The Kier molecular flexibility index (Phi) is 4.57. The SMILES string of the molecule is CC1CC(NCc2ccc(Br)c3cccnc23)CCN1C. The van der Waals surface area contributed by atoms with E-state index in [0.717, 1.165) is 16.5 Å². The van der Waals surface area contributed by atoms with E-state index in [2.05, 4.69) is 63.3 Å². The summed E-state index contributed by atoms with van der Waals surface area (Å²) >= 11 is 3.61. The van der Waals surface area contributed by atoms with Crippen LogP contribution in [0, 0.1) is 0 Å². The quantitative estimate of drug-likeness (QED) is 0.919. The van der Waals surface area contributed by atoms with Crippen LogP contribution in [0.1, 0.15) is 25.3 Å². The molecule has 1 aromatic heterocycles. The zero-order valence-corrected chi connectivity index (χ0v) is 14.2. The van der Waals surface area contributed by atoms with Gasteiger partial charge in [0.15, 0.2) is 0 Å². The van der Waals surface area contributed by atoms with Crippen LogP contribution in [0.4, 0.5) is 0 Å². The van der Waals surface area contributed by atoms with E-state index in [4.69, 9.17) is 0 Å². The van der Waals surface area contributed by atoms with Crippen LogP contribution >= 0.6 is 15.9 Å². The molecule has 1 aliphatic rings. The lowest BCUT2D eigenvalue weighted by Crippen LogP contribution is -2.45. The molecule has 0 bridgehead atoms. The van der Waals surface area contributed by atoms with Crippen LogP contribution in [0.5, 0.6) is 0 Å². The van der Waals surface area contributed by atoms with Gasteiger partial charge in [-0.25, -0.2) is 0 Å². The molecule has 2 atom stereocenters. The van der Waals surface area contributed by atoms with E-state index in [1.807, 2.05) is 12.3 Å². The highest BCUT2D eigenvalue weighted by Gasteiger charge is 2.22. The second kappa shape index (κ2) is 6.42. The van der Waals surface area contributed by atoms with Crippen LogP contribution in [0.25, 0.3) is 10.9 Å². The zero-order valence-electron chi connectivity index (χ0n) is 12.6. The average Bonchev–Trinajstić information content (AvgIpc) is 2.50. The zero-order chi connectivity index (χ0) is 14.8. The molecule has 0 aliphatic carbocycles. The molecule has 21 heavy (non-hydrogen) atoms. The number of hydrogen-bond acceptors (Lipinski definition) is 3. The first-order valence-electron chi connectivity index (χ1n) is 7.61. The van der Waals surface area contributed by atoms with E-state index in [9.17, 15) is 0 Å². The lowest BCUT2D eigenvalue weighted by atomic mass is 9.98. The minimum Gasteiger partial charge on any atom is -0.310 e. The number of rotatable bonds is 3. The standard InChI is InChI=1S/C17H22BrN3/c1-12-10-14(7-9-21(12)2)20-11-13-5-6-16(18)15-4-3-8-19-17(13)15/h3-6,8,12,14,20H,7,9-11H2,1-2H3. The van der Waals surface area contributed by atoms with Crippen molar-refractivity contribution in [1.29, 1.82) is 0 Å². The number of nitrogens with zero attached hydrogens (tertiary/aromatic N) is 2.